The van der Waals surface area contributed by atoms with Gasteiger partial charge < -0.3 is 15.0 Å². The third-order valence-corrected chi connectivity index (χ3v) is 3.83. The quantitative estimate of drug-likeness (QED) is 0.311. The fourth-order valence-electron chi connectivity index (χ4n) is 1.48. The number of esters is 1. The molecule has 1 N–H and O–H groups in total. The molecule has 0 saturated heterocycles. The van der Waals surface area contributed by atoms with Crippen molar-refractivity contribution in [2.75, 3.05) is 33.0 Å². The van der Waals surface area contributed by atoms with E-state index >= 15 is 0 Å². The number of rotatable bonds is 8. The highest BCUT2D eigenvalue weighted by atomic mass is 32.2. The van der Waals surface area contributed by atoms with Crippen LogP contribution in [0.4, 0.5) is 5.69 Å². The average Bonchev–Trinajstić information content (AvgIpc) is 2.57. The zero-order chi connectivity index (χ0) is 18.1. The Balaban J connectivity index is 2.34. The van der Waals surface area contributed by atoms with Crippen LogP contribution in [0.5, 0.6) is 0 Å². The van der Waals surface area contributed by atoms with E-state index in [9.17, 15) is 24.5 Å². The molecule has 1 aromatic carbocycles. The Morgan fingerprint density at radius 1 is 1.29 bits per heavy atom. The van der Waals surface area contributed by atoms with Gasteiger partial charge in [0.15, 0.2) is 6.61 Å². The molecule has 9 nitrogen and oxygen atoms in total. The summed E-state index contributed by atoms with van der Waals surface area (Å²) in [7, 11) is 2.88. The van der Waals surface area contributed by atoms with Gasteiger partial charge in [0.05, 0.1) is 17.2 Å². The number of carbonyl (C=O) groups excluding carboxylic acids is 3. The van der Waals surface area contributed by atoms with Crippen molar-refractivity contribution >= 4 is 35.2 Å². The van der Waals surface area contributed by atoms with Crippen LogP contribution in [-0.2, 0) is 19.1 Å². The second-order valence-corrected chi connectivity index (χ2v) is 5.67. The molecule has 0 bridgehead atoms. The zero-order valence-electron chi connectivity index (χ0n) is 13.2. The molecule has 1 aromatic rings. The molecule has 2 amide bonds. The van der Waals surface area contributed by atoms with Crippen molar-refractivity contribution in [3.63, 3.8) is 0 Å². The number of hydrogen-bond acceptors (Lipinski definition) is 7. The number of ether oxygens (including phenoxy) is 1. The van der Waals surface area contributed by atoms with Gasteiger partial charge in [0, 0.05) is 31.1 Å². The molecule has 0 atom stereocenters. The van der Waals surface area contributed by atoms with Crippen molar-refractivity contribution in [1.82, 2.24) is 10.2 Å². The molecule has 0 spiro atoms. The van der Waals surface area contributed by atoms with Gasteiger partial charge in [-0.3, -0.25) is 24.5 Å². The van der Waals surface area contributed by atoms with E-state index in [1.807, 2.05) is 0 Å². The number of benzene rings is 1. The predicted octanol–water partition coefficient (Wildman–Crippen LogP) is 0.435. The third kappa shape index (κ3) is 6.65. The maximum Gasteiger partial charge on any atom is 0.316 e. The van der Waals surface area contributed by atoms with Crippen LogP contribution in [0, 0.1) is 10.1 Å². The van der Waals surface area contributed by atoms with E-state index in [1.54, 1.807) is 0 Å². The number of amides is 2. The summed E-state index contributed by atoms with van der Waals surface area (Å²) in [5, 5.41) is 12.9. The Hall–Kier alpha value is -2.62. The van der Waals surface area contributed by atoms with Crippen molar-refractivity contribution in [2.45, 2.75) is 4.90 Å². The molecule has 10 heteroatoms. The van der Waals surface area contributed by atoms with E-state index < -0.39 is 23.4 Å². The fourth-order valence-corrected chi connectivity index (χ4v) is 2.18. The predicted molar refractivity (Wildman–Crippen MR) is 86.5 cm³/mol. The number of nitro benzene ring substituents is 1. The standard InChI is InChI=1S/C14H17N3O6S/c1-15-12(18)7-16(2)13(19)8-23-14(20)9-24-11-5-3-10(4-6-11)17(21)22/h3-6H,7-9H2,1-2H3,(H,15,18). The van der Waals surface area contributed by atoms with Crippen LogP contribution in [0.2, 0.25) is 0 Å². The molecule has 0 saturated carbocycles. The molecule has 0 heterocycles. The lowest BCUT2D eigenvalue weighted by Crippen LogP contribution is -2.39. The van der Waals surface area contributed by atoms with Crippen molar-refractivity contribution in [3.8, 4) is 0 Å². The molecule has 0 aliphatic rings. The first-order chi connectivity index (χ1) is 11.3. The Kier molecular flexibility index (Phi) is 7.69. The number of carbonyl (C=O) groups is 3. The summed E-state index contributed by atoms with van der Waals surface area (Å²) < 4.78 is 4.83. The molecule has 1 rings (SSSR count). The molecule has 130 valence electrons. The maximum absolute atomic E-state index is 11.7. The normalized spacial score (nSPS) is 9.92. The van der Waals surface area contributed by atoms with Crippen molar-refractivity contribution in [2.24, 2.45) is 0 Å². The van der Waals surface area contributed by atoms with Crippen LogP contribution in [0.15, 0.2) is 29.2 Å². The summed E-state index contributed by atoms with van der Waals surface area (Å²) in [6.45, 7) is -0.572. The molecule has 0 unspecified atom stereocenters. The minimum atomic E-state index is -0.597. The van der Waals surface area contributed by atoms with Gasteiger partial charge in [-0.05, 0) is 12.1 Å². The number of nitrogens with one attached hydrogen (secondary N) is 1. The SMILES string of the molecule is CNC(=O)CN(C)C(=O)COC(=O)CSc1ccc([N+](=O)[O-])cc1. The average molecular weight is 355 g/mol. The zero-order valence-corrected chi connectivity index (χ0v) is 14.0. The first-order valence-corrected chi connectivity index (χ1v) is 7.79. The van der Waals surface area contributed by atoms with E-state index in [0.717, 1.165) is 16.7 Å². The molecule has 0 aliphatic heterocycles. The van der Waals surface area contributed by atoms with Gasteiger partial charge in [0.2, 0.25) is 5.91 Å². The van der Waals surface area contributed by atoms with Gasteiger partial charge in [-0.25, -0.2) is 0 Å². The molecule has 24 heavy (non-hydrogen) atoms. The largest absolute Gasteiger partial charge is 0.455 e. The van der Waals surface area contributed by atoms with Gasteiger partial charge in [0.25, 0.3) is 11.6 Å². The number of likely N-dealkylation sites (N-methyl/N-ethyl adjacent to an activating group) is 2. The lowest BCUT2D eigenvalue weighted by atomic mass is 10.3. The third-order valence-electron chi connectivity index (χ3n) is 2.85. The summed E-state index contributed by atoms with van der Waals surface area (Å²) in [5.41, 5.74) is -0.0355. The minimum absolute atomic E-state index is 0.0355. The van der Waals surface area contributed by atoms with E-state index in [1.165, 1.54) is 38.4 Å². The summed E-state index contributed by atoms with van der Waals surface area (Å²) in [6.07, 6.45) is 0. The lowest BCUT2D eigenvalue weighted by molar-refractivity contribution is -0.384. The van der Waals surface area contributed by atoms with Crippen LogP contribution in [0.3, 0.4) is 0 Å². The van der Waals surface area contributed by atoms with Crippen molar-refractivity contribution in [3.05, 3.63) is 34.4 Å². The van der Waals surface area contributed by atoms with Gasteiger partial charge in [0.1, 0.15) is 0 Å². The van der Waals surface area contributed by atoms with Gasteiger partial charge in [-0.1, -0.05) is 0 Å². The highest BCUT2D eigenvalue weighted by Gasteiger charge is 2.14. The van der Waals surface area contributed by atoms with Gasteiger partial charge in [-0.15, -0.1) is 11.8 Å². The smallest absolute Gasteiger partial charge is 0.316 e. The van der Waals surface area contributed by atoms with E-state index in [-0.39, 0.29) is 23.9 Å². The number of thioether (sulfide) groups is 1. The number of non-ortho nitro benzene ring substituents is 1. The Morgan fingerprint density at radius 2 is 1.92 bits per heavy atom. The van der Waals surface area contributed by atoms with E-state index in [2.05, 4.69) is 5.32 Å². The number of nitro groups is 1. The minimum Gasteiger partial charge on any atom is -0.455 e. The van der Waals surface area contributed by atoms with E-state index in [0.29, 0.717) is 4.90 Å². The molecule has 0 aromatic heterocycles. The molecular formula is C14H17N3O6S. The Morgan fingerprint density at radius 3 is 2.46 bits per heavy atom. The van der Waals surface area contributed by atoms with Crippen LogP contribution in [0.25, 0.3) is 0 Å². The summed E-state index contributed by atoms with van der Waals surface area (Å²) >= 11 is 1.14. The molecule has 0 fully saturated rings. The second kappa shape index (κ2) is 9.50. The summed E-state index contributed by atoms with van der Waals surface area (Å²) in [5.74, 6) is -1.46. The lowest BCUT2D eigenvalue weighted by Gasteiger charge is -2.15. The number of nitrogens with zero attached hydrogens (tertiary/aromatic N) is 2. The second-order valence-electron chi connectivity index (χ2n) is 4.62. The first kappa shape index (κ1) is 19.4. The fraction of sp³-hybridized carbons (Fsp3) is 0.357. The summed E-state index contributed by atoms with van der Waals surface area (Å²) in [4.78, 5) is 46.2. The topological polar surface area (TPSA) is 119 Å². The Bertz CT molecular complexity index is 619. The van der Waals surface area contributed by atoms with Gasteiger partial charge in [-0.2, -0.15) is 0 Å². The Labute approximate surface area is 142 Å². The molecule has 0 radical (unpaired) electrons. The highest BCUT2D eigenvalue weighted by Crippen LogP contribution is 2.21. The van der Waals surface area contributed by atoms with Crippen LogP contribution >= 0.6 is 11.8 Å². The maximum atomic E-state index is 11.7. The van der Waals surface area contributed by atoms with Crippen molar-refractivity contribution < 1.29 is 24.0 Å². The molecule has 0 aliphatic carbocycles. The van der Waals surface area contributed by atoms with Gasteiger partial charge >= 0.3 is 5.97 Å². The van der Waals surface area contributed by atoms with E-state index in [4.69, 9.17) is 4.74 Å². The van der Waals surface area contributed by atoms with Crippen LogP contribution < -0.4 is 5.32 Å². The monoisotopic (exact) mass is 355 g/mol. The highest BCUT2D eigenvalue weighted by molar-refractivity contribution is 8.00. The van der Waals surface area contributed by atoms with Crippen LogP contribution in [-0.4, -0.2) is 60.6 Å². The molecular weight excluding hydrogens is 338 g/mol. The van der Waals surface area contributed by atoms with Crippen LogP contribution in [0.1, 0.15) is 0 Å². The van der Waals surface area contributed by atoms with Crippen molar-refractivity contribution in [1.29, 1.82) is 0 Å². The first-order valence-electron chi connectivity index (χ1n) is 6.81. The summed E-state index contributed by atoms with van der Waals surface area (Å²) in [6, 6.07) is 5.73. The number of hydrogen-bond donors (Lipinski definition) is 1.